The van der Waals surface area contributed by atoms with Crippen molar-refractivity contribution in [2.75, 3.05) is 0 Å². The van der Waals surface area contributed by atoms with Crippen LogP contribution in [0.5, 0.6) is 0 Å². The van der Waals surface area contributed by atoms with Crippen molar-refractivity contribution < 1.29 is 4.42 Å². The zero-order valence-corrected chi connectivity index (χ0v) is 9.45. The van der Waals surface area contributed by atoms with E-state index in [0.717, 1.165) is 16.8 Å². The molecular formula is C14H9N3O. The lowest BCUT2D eigenvalue weighted by atomic mass is 9.96. The van der Waals surface area contributed by atoms with Crippen LogP contribution in [-0.2, 0) is 0 Å². The normalized spacial score (nSPS) is 12.2. The molecule has 0 saturated carbocycles. The molecule has 1 unspecified atom stereocenters. The summed E-state index contributed by atoms with van der Waals surface area (Å²) in [6.07, 6.45) is 3.09. The van der Waals surface area contributed by atoms with E-state index >= 15 is 0 Å². The summed E-state index contributed by atoms with van der Waals surface area (Å²) in [5.41, 5.74) is 3.07. The molecule has 4 nitrogen and oxygen atoms in total. The first kappa shape index (κ1) is 10.5. The van der Waals surface area contributed by atoms with Crippen molar-refractivity contribution >= 4 is 11.1 Å². The molecule has 3 rings (SSSR count). The summed E-state index contributed by atoms with van der Waals surface area (Å²) in [5, 5.41) is 9.32. The van der Waals surface area contributed by atoms with Crippen molar-refractivity contribution in [1.82, 2.24) is 9.97 Å². The van der Waals surface area contributed by atoms with E-state index < -0.39 is 0 Å². The number of nitrogens with zero attached hydrogens (tertiary/aromatic N) is 3. The number of oxazole rings is 1. The Balaban J connectivity index is 2.09. The highest BCUT2D eigenvalue weighted by molar-refractivity contribution is 5.73. The highest BCUT2D eigenvalue weighted by Crippen LogP contribution is 2.25. The molecule has 0 spiro atoms. The molecule has 2 aromatic heterocycles. The summed E-state index contributed by atoms with van der Waals surface area (Å²) in [6, 6.07) is 13.4. The molecule has 0 amide bonds. The maximum Gasteiger partial charge on any atom is 0.181 e. The molecule has 0 aliphatic rings. The second-order valence-corrected chi connectivity index (χ2v) is 3.90. The van der Waals surface area contributed by atoms with Crippen LogP contribution in [-0.4, -0.2) is 9.97 Å². The van der Waals surface area contributed by atoms with E-state index in [2.05, 4.69) is 16.0 Å². The molecule has 2 heterocycles. The van der Waals surface area contributed by atoms with Gasteiger partial charge in [-0.15, -0.1) is 0 Å². The number of pyridine rings is 1. The van der Waals surface area contributed by atoms with Crippen LogP contribution in [0.3, 0.4) is 0 Å². The number of rotatable bonds is 2. The van der Waals surface area contributed by atoms with Gasteiger partial charge in [0.15, 0.2) is 12.0 Å². The molecule has 86 valence electrons. The minimum atomic E-state index is -0.388. The number of hydrogen-bond acceptors (Lipinski definition) is 4. The Morgan fingerprint density at radius 3 is 2.89 bits per heavy atom. The van der Waals surface area contributed by atoms with Crippen molar-refractivity contribution in [3.63, 3.8) is 0 Å². The molecule has 0 bridgehead atoms. The Labute approximate surface area is 104 Å². The zero-order chi connectivity index (χ0) is 12.4. The second-order valence-electron chi connectivity index (χ2n) is 3.90. The Morgan fingerprint density at radius 1 is 1.17 bits per heavy atom. The summed E-state index contributed by atoms with van der Waals surface area (Å²) >= 11 is 0. The third-order valence-electron chi connectivity index (χ3n) is 2.80. The average molecular weight is 235 g/mol. The summed E-state index contributed by atoms with van der Waals surface area (Å²) in [6.45, 7) is 0. The van der Waals surface area contributed by atoms with E-state index in [9.17, 15) is 5.26 Å². The third-order valence-corrected chi connectivity index (χ3v) is 2.80. The van der Waals surface area contributed by atoms with E-state index in [1.807, 2.05) is 36.4 Å². The molecule has 0 aliphatic carbocycles. The van der Waals surface area contributed by atoms with Crippen LogP contribution in [0.25, 0.3) is 11.1 Å². The number of benzene rings is 1. The van der Waals surface area contributed by atoms with Crippen molar-refractivity contribution in [2.45, 2.75) is 5.92 Å². The third kappa shape index (κ3) is 1.72. The molecule has 0 fully saturated rings. The molecule has 18 heavy (non-hydrogen) atoms. The number of fused-ring (bicyclic) bond motifs is 1. The average Bonchev–Trinajstić information content (AvgIpc) is 2.88. The van der Waals surface area contributed by atoms with Gasteiger partial charge in [-0.05, 0) is 29.8 Å². The van der Waals surface area contributed by atoms with Crippen molar-refractivity contribution in [1.29, 1.82) is 5.26 Å². The van der Waals surface area contributed by atoms with Gasteiger partial charge in [0.05, 0.1) is 11.8 Å². The monoisotopic (exact) mass is 235 g/mol. The number of aromatic nitrogens is 2. The highest BCUT2D eigenvalue weighted by atomic mass is 16.3. The van der Waals surface area contributed by atoms with Gasteiger partial charge in [0.1, 0.15) is 11.4 Å². The summed E-state index contributed by atoms with van der Waals surface area (Å²) in [7, 11) is 0. The van der Waals surface area contributed by atoms with E-state index in [4.69, 9.17) is 4.42 Å². The standard InChI is InChI=1S/C14H9N3O/c15-8-11(12-3-1-2-6-16-12)10-4-5-13-14(7-10)18-9-17-13/h1-7,9,11H. The van der Waals surface area contributed by atoms with E-state index in [0.29, 0.717) is 5.58 Å². The fourth-order valence-electron chi connectivity index (χ4n) is 1.91. The molecule has 0 N–H and O–H groups in total. The Hall–Kier alpha value is -2.67. The Morgan fingerprint density at radius 2 is 2.11 bits per heavy atom. The van der Waals surface area contributed by atoms with Gasteiger partial charge < -0.3 is 4.42 Å². The smallest absolute Gasteiger partial charge is 0.181 e. The van der Waals surface area contributed by atoms with Gasteiger partial charge in [-0.25, -0.2) is 4.98 Å². The van der Waals surface area contributed by atoms with Gasteiger partial charge in [-0.3, -0.25) is 4.98 Å². The fourth-order valence-corrected chi connectivity index (χ4v) is 1.91. The minimum absolute atomic E-state index is 0.388. The van der Waals surface area contributed by atoms with Crippen LogP contribution in [0.4, 0.5) is 0 Å². The Bertz CT molecular complexity index is 712. The SMILES string of the molecule is N#CC(c1ccc2ncoc2c1)c1ccccn1. The van der Waals surface area contributed by atoms with Crippen molar-refractivity contribution in [3.05, 3.63) is 60.2 Å². The number of nitriles is 1. The quantitative estimate of drug-likeness (QED) is 0.685. The lowest BCUT2D eigenvalue weighted by molar-refractivity contribution is 0.601. The second kappa shape index (κ2) is 4.30. The highest BCUT2D eigenvalue weighted by Gasteiger charge is 2.15. The van der Waals surface area contributed by atoms with Crippen LogP contribution < -0.4 is 0 Å². The molecule has 0 radical (unpaired) electrons. The predicted molar refractivity (Wildman–Crippen MR) is 65.7 cm³/mol. The van der Waals surface area contributed by atoms with Crippen LogP contribution in [0.1, 0.15) is 17.2 Å². The first-order valence-corrected chi connectivity index (χ1v) is 5.52. The minimum Gasteiger partial charge on any atom is -0.443 e. The van der Waals surface area contributed by atoms with Crippen LogP contribution in [0, 0.1) is 11.3 Å². The van der Waals surface area contributed by atoms with Crippen molar-refractivity contribution in [2.24, 2.45) is 0 Å². The predicted octanol–water partition coefficient (Wildman–Crippen LogP) is 2.88. The fraction of sp³-hybridized carbons (Fsp3) is 0.0714. The number of hydrogen-bond donors (Lipinski definition) is 0. The lowest BCUT2D eigenvalue weighted by Gasteiger charge is -2.08. The summed E-state index contributed by atoms with van der Waals surface area (Å²) in [5.74, 6) is -0.388. The van der Waals surface area contributed by atoms with Gasteiger partial charge in [0, 0.05) is 6.20 Å². The molecular weight excluding hydrogens is 226 g/mol. The van der Waals surface area contributed by atoms with Gasteiger partial charge in [0.25, 0.3) is 0 Å². The first-order valence-electron chi connectivity index (χ1n) is 5.52. The van der Waals surface area contributed by atoms with Gasteiger partial charge in [0.2, 0.25) is 0 Å². The van der Waals surface area contributed by atoms with Crippen LogP contribution >= 0.6 is 0 Å². The summed E-state index contributed by atoms with van der Waals surface area (Å²) in [4.78, 5) is 8.28. The maximum absolute atomic E-state index is 9.32. The first-order chi connectivity index (χ1) is 8.88. The van der Waals surface area contributed by atoms with E-state index in [-0.39, 0.29) is 5.92 Å². The molecule has 0 saturated heterocycles. The molecule has 4 heteroatoms. The largest absolute Gasteiger partial charge is 0.443 e. The van der Waals surface area contributed by atoms with Crippen molar-refractivity contribution in [3.8, 4) is 6.07 Å². The topological polar surface area (TPSA) is 62.7 Å². The van der Waals surface area contributed by atoms with E-state index in [1.54, 1.807) is 6.20 Å². The van der Waals surface area contributed by atoms with Crippen LogP contribution in [0.15, 0.2) is 53.4 Å². The zero-order valence-electron chi connectivity index (χ0n) is 9.45. The van der Waals surface area contributed by atoms with Gasteiger partial charge in [-0.1, -0.05) is 12.1 Å². The summed E-state index contributed by atoms with van der Waals surface area (Å²) < 4.78 is 5.25. The molecule has 1 atom stereocenters. The maximum atomic E-state index is 9.32. The van der Waals surface area contributed by atoms with E-state index in [1.165, 1.54) is 6.39 Å². The lowest BCUT2D eigenvalue weighted by Crippen LogP contribution is -2.00. The molecule has 3 aromatic rings. The van der Waals surface area contributed by atoms with Crippen LogP contribution in [0.2, 0.25) is 0 Å². The van der Waals surface area contributed by atoms with Gasteiger partial charge in [-0.2, -0.15) is 5.26 Å². The Kier molecular flexibility index (Phi) is 2.50. The van der Waals surface area contributed by atoms with Gasteiger partial charge >= 0.3 is 0 Å². The molecule has 0 aliphatic heterocycles. The molecule has 1 aromatic carbocycles.